The van der Waals surface area contributed by atoms with E-state index in [1.807, 2.05) is 25.3 Å². The van der Waals surface area contributed by atoms with E-state index < -0.39 is 0 Å². The van der Waals surface area contributed by atoms with Crippen molar-refractivity contribution in [3.63, 3.8) is 0 Å². The molecule has 0 bridgehead atoms. The normalized spacial score (nSPS) is 30.2. The number of amides is 1. The van der Waals surface area contributed by atoms with Gasteiger partial charge in [-0.25, -0.2) is 0 Å². The molecule has 1 N–H and O–H groups in total. The summed E-state index contributed by atoms with van der Waals surface area (Å²) in [6.07, 6.45) is 3.48. The molecule has 2 aliphatic heterocycles. The minimum absolute atomic E-state index is 0.0868. The van der Waals surface area contributed by atoms with Crippen molar-refractivity contribution in [2.45, 2.75) is 45.4 Å². The van der Waals surface area contributed by atoms with E-state index >= 15 is 0 Å². The van der Waals surface area contributed by atoms with Gasteiger partial charge in [0.25, 0.3) is 0 Å². The zero-order valence-corrected chi connectivity index (χ0v) is 15.3. The molecule has 5 nitrogen and oxygen atoms in total. The SMILES string of the molecule is C=C(C)[C@H]1OCC[C@H]1C(=O)N[C@@H]1CCN(Cc2ccccn2)C[C@H]1C. The molecule has 0 spiro atoms. The summed E-state index contributed by atoms with van der Waals surface area (Å²) >= 11 is 0. The van der Waals surface area contributed by atoms with Gasteiger partial charge in [0.15, 0.2) is 0 Å². The van der Waals surface area contributed by atoms with E-state index in [9.17, 15) is 4.79 Å². The molecule has 5 heteroatoms. The lowest BCUT2D eigenvalue weighted by Crippen LogP contribution is -2.51. The summed E-state index contributed by atoms with van der Waals surface area (Å²) in [5.74, 6) is 0.462. The molecular weight excluding hydrogens is 314 g/mol. The highest BCUT2D eigenvalue weighted by atomic mass is 16.5. The zero-order chi connectivity index (χ0) is 17.8. The van der Waals surface area contributed by atoms with Gasteiger partial charge in [-0.2, -0.15) is 0 Å². The highest BCUT2D eigenvalue weighted by Crippen LogP contribution is 2.27. The summed E-state index contributed by atoms with van der Waals surface area (Å²) in [6, 6.07) is 6.27. The molecular formula is C20H29N3O2. The lowest BCUT2D eigenvalue weighted by molar-refractivity contribution is -0.127. The number of carbonyl (C=O) groups excluding carboxylic acids is 1. The summed E-state index contributed by atoms with van der Waals surface area (Å²) < 4.78 is 5.67. The van der Waals surface area contributed by atoms with Crippen molar-refractivity contribution < 1.29 is 9.53 Å². The monoisotopic (exact) mass is 343 g/mol. The van der Waals surface area contributed by atoms with Gasteiger partial charge in [0, 0.05) is 38.5 Å². The number of carbonyl (C=O) groups is 1. The van der Waals surface area contributed by atoms with Gasteiger partial charge in [0.2, 0.25) is 5.91 Å². The van der Waals surface area contributed by atoms with Crippen molar-refractivity contribution >= 4 is 5.91 Å². The largest absolute Gasteiger partial charge is 0.373 e. The van der Waals surface area contributed by atoms with Crippen LogP contribution in [0.5, 0.6) is 0 Å². The molecule has 136 valence electrons. The number of nitrogens with zero attached hydrogens (tertiary/aromatic N) is 2. The van der Waals surface area contributed by atoms with Crippen LogP contribution in [0, 0.1) is 11.8 Å². The van der Waals surface area contributed by atoms with Gasteiger partial charge in [0.05, 0.1) is 17.7 Å². The first-order valence-corrected chi connectivity index (χ1v) is 9.24. The fourth-order valence-electron chi connectivity index (χ4n) is 3.94. The van der Waals surface area contributed by atoms with Crippen LogP contribution in [0.25, 0.3) is 0 Å². The van der Waals surface area contributed by atoms with E-state index in [4.69, 9.17) is 4.74 Å². The average Bonchev–Trinajstić information content (AvgIpc) is 3.08. The molecule has 0 radical (unpaired) electrons. The predicted octanol–water partition coefficient (Wildman–Crippen LogP) is 2.39. The topological polar surface area (TPSA) is 54.5 Å². The minimum atomic E-state index is -0.125. The van der Waals surface area contributed by atoms with Crippen LogP contribution in [0.4, 0.5) is 0 Å². The number of likely N-dealkylation sites (tertiary alicyclic amines) is 1. The van der Waals surface area contributed by atoms with E-state index in [-0.39, 0.29) is 24.0 Å². The van der Waals surface area contributed by atoms with E-state index in [1.165, 1.54) is 0 Å². The number of hydrogen-bond acceptors (Lipinski definition) is 4. The number of rotatable bonds is 5. The number of ether oxygens (including phenoxy) is 1. The van der Waals surface area contributed by atoms with Crippen LogP contribution in [0.2, 0.25) is 0 Å². The second kappa shape index (κ2) is 8.11. The first-order valence-electron chi connectivity index (χ1n) is 9.24. The summed E-state index contributed by atoms with van der Waals surface area (Å²) in [7, 11) is 0. The molecule has 0 saturated carbocycles. The second-order valence-electron chi connectivity index (χ2n) is 7.47. The number of nitrogens with one attached hydrogen (secondary N) is 1. The smallest absolute Gasteiger partial charge is 0.226 e. The van der Waals surface area contributed by atoms with Crippen LogP contribution in [-0.4, -0.2) is 47.6 Å². The van der Waals surface area contributed by atoms with Crippen LogP contribution in [-0.2, 0) is 16.1 Å². The molecule has 2 aliphatic rings. The van der Waals surface area contributed by atoms with Crippen molar-refractivity contribution in [2.24, 2.45) is 11.8 Å². The van der Waals surface area contributed by atoms with Gasteiger partial charge in [0.1, 0.15) is 0 Å². The Morgan fingerprint density at radius 1 is 1.44 bits per heavy atom. The third-order valence-electron chi connectivity index (χ3n) is 5.34. The standard InChI is InChI=1S/C20H29N3O2/c1-14(2)19-17(8-11-25-19)20(24)22-18-7-10-23(12-15(18)3)13-16-6-4-5-9-21-16/h4-6,9,15,17-19H,1,7-8,10-13H2,2-3H3,(H,22,24)/t15-,17-,18-,19-/m1/s1. The Hall–Kier alpha value is -1.72. The average molecular weight is 343 g/mol. The van der Waals surface area contributed by atoms with Crippen LogP contribution >= 0.6 is 0 Å². The van der Waals surface area contributed by atoms with Crippen molar-refractivity contribution in [3.05, 3.63) is 42.2 Å². The molecule has 1 amide bonds. The summed E-state index contributed by atoms with van der Waals surface area (Å²) in [4.78, 5) is 19.5. The van der Waals surface area contributed by atoms with Crippen LogP contribution in [0.15, 0.2) is 36.5 Å². The minimum Gasteiger partial charge on any atom is -0.373 e. The highest BCUT2D eigenvalue weighted by molar-refractivity contribution is 5.80. The van der Waals surface area contributed by atoms with Crippen LogP contribution in [0.1, 0.15) is 32.4 Å². The Kier molecular flexibility index (Phi) is 5.86. The Labute approximate surface area is 150 Å². The zero-order valence-electron chi connectivity index (χ0n) is 15.3. The first-order chi connectivity index (χ1) is 12.0. The molecule has 0 aromatic carbocycles. The highest BCUT2D eigenvalue weighted by Gasteiger charge is 2.36. The number of hydrogen-bond donors (Lipinski definition) is 1. The summed E-state index contributed by atoms with van der Waals surface area (Å²) in [5.41, 5.74) is 2.04. The quantitative estimate of drug-likeness (QED) is 0.834. The lowest BCUT2D eigenvalue weighted by Gasteiger charge is -2.37. The molecule has 0 unspecified atom stereocenters. The van der Waals surface area contributed by atoms with Gasteiger partial charge >= 0.3 is 0 Å². The second-order valence-corrected chi connectivity index (χ2v) is 7.47. The first kappa shape index (κ1) is 18.1. The van der Waals surface area contributed by atoms with Gasteiger partial charge in [-0.15, -0.1) is 0 Å². The molecule has 25 heavy (non-hydrogen) atoms. The maximum absolute atomic E-state index is 12.7. The van der Waals surface area contributed by atoms with Gasteiger partial charge in [-0.1, -0.05) is 25.1 Å². The molecule has 3 rings (SSSR count). The van der Waals surface area contributed by atoms with Gasteiger partial charge < -0.3 is 10.1 Å². The Morgan fingerprint density at radius 3 is 2.96 bits per heavy atom. The molecule has 1 aromatic rings. The van der Waals surface area contributed by atoms with Crippen molar-refractivity contribution in [1.29, 1.82) is 0 Å². The van der Waals surface area contributed by atoms with E-state index in [1.54, 1.807) is 0 Å². The summed E-state index contributed by atoms with van der Waals surface area (Å²) in [5, 5.41) is 3.28. The van der Waals surface area contributed by atoms with E-state index in [2.05, 4.69) is 34.8 Å². The maximum atomic E-state index is 12.7. The Balaban J connectivity index is 1.51. The fraction of sp³-hybridized carbons (Fsp3) is 0.600. The number of piperidine rings is 1. The molecule has 4 atom stereocenters. The van der Waals surface area contributed by atoms with Crippen molar-refractivity contribution in [2.75, 3.05) is 19.7 Å². The van der Waals surface area contributed by atoms with Crippen molar-refractivity contribution in [3.8, 4) is 0 Å². The third kappa shape index (κ3) is 4.47. The number of pyridine rings is 1. The van der Waals surface area contributed by atoms with Crippen LogP contribution < -0.4 is 5.32 Å². The predicted molar refractivity (Wildman–Crippen MR) is 97.9 cm³/mol. The number of aromatic nitrogens is 1. The van der Waals surface area contributed by atoms with Crippen molar-refractivity contribution in [1.82, 2.24) is 15.2 Å². The maximum Gasteiger partial charge on any atom is 0.226 e. The molecule has 0 aliphatic carbocycles. The van der Waals surface area contributed by atoms with E-state index in [0.717, 1.165) is 43.7 Å². The summed E-state index contributed by atoms with van der Waals surface area (Å²) in [6.45, 7) is 11.6. The molecule has 1 aromatic heterocycles. The Bertz CT molecular complexity index is 604. The fourth-order valence-corrected chi connectivity index (χ4v) is 3.94. The van der Waals surface area contributed by atoms with Crippen LogP contribution in [0.3, 0.4) is 0 Å². The lowest BCUT2D eigenvalue weighted by atomic mass is 9.91. The molecule has 2 fully saturated rings. The Morgan fingerprint density at radius 2 is 2.28 bits per heavy atom. The van der Waals surface area contributed by atoms with Gasteiger partial charge in [-0.3, -0.25) is 14.7 Å². The van der Waals surface area contributed by atoms with Gasteiger partial charge in [-0.05, 0) is 37.8 Å². The van der Waals surface area contributed by atoms with E-state index in [0.29, 0.717) is 12.5 Å². The third-order valence-corrected chi connectivity index (χ3v) is 5.34. The molecule has 2 saturated heterocycles. The molecule has 3 heterocycles.